The summed E-state index contributed by atoms with van der Waals surface area (Å²) in [6.45, 7) is 0. The third kappa shape index (κ3) is 3.94. The van der Waals surface area contributed by atoms with Crippen molar-refractivity contribution in [2.24, 2.45) is 5.92 Å². The Bertz CT molecular complexity index is 467. The summed E-state index contributed by atoms with van der Waals surface area (Å²) < 4.78 is 0. The lowest BCUT2D eigenvalue weighted by Crippen LogP contribution is -2.26. The molecule has 0 aromatic heterocycles. The number of ketones is 1. The number of aliphatic hydroxyl groups is 1. The van der Waals surface area contributed by atoms with E-state index in [1.807, 2.05) is 37.4 Å². The molecule has 1 saturated carbocycles. The van der Waals surface area contributed by atoms with Crippen molar-refractivity contribution >= 4 is 5.78 Å². The first-order chi connectivity index (χ1) is 9.70. The molecule has 20 heavy (non-hydrogen) atoms. The van der Waals surface area contributed by atoms with Crippen molar-refractivity contribution in [2.45, 2.75) is 38.2 Å². The summed E-state index contributed by atoms with van der Waals surface area (Å²) in [6, 6.07) is 9.27. The van der Waals surface area contributed by atoms with Crippen LogP contribution >= 0.6 is 0 Å². The number of benzene rings is 1. The third-order valence-corrected chi connectivity index (χ3v) is 4.04. The molecule has 2 atom stereocenters. The topological polar surface area (TPSA) is 49.3 Å². The van der Waals surface area contributed by atoms with Crippen LogP contribution in [0.2, 0.25) is 0 Å². The molecular weight excluding hydrogens is 250 g/mol. The van der Waals surface area contributed by atoms with Crippen LogP contribution in [0.4, 0.5) is 0 Å². The molecule has 1 fully saturated rings. The fourth-order valence-corrected chi connectivity index (χ4v) is 2.79. The Balaban J connectivity index is 2.03. The Hall–Kier alpha value is -1.61. The van der Waals surface area contributed by atoms with Crippen LogP contribution < -0.4 is 5.32 Å². The molecule has 0 radical (unpaired) electrons. The number of carbonyl (C=O) groups is 1. The van der Waals surface area contributed by atoms with E-state index in [-0.39, 0.29) is 17.8 Å². The van der Waals surface area contributed by atoms with Crippen LogP contribution in [0.5, 0.6) is 0 Å². The standard InChI is InChI=1S/C17H23NO2/c1-18-15(11-14-9-5-6-10-16(14)19)12-17(20)13-7-3-2-4-8-13/h2-4,7-8,12,14,16,18-19H,5-6,9-11H2,1H3/b15-12-/t14-,16+/m1/s1. The number of hydrogen-bond donors (Lipinski definition) is 2. The van der Waals surface area contributed by atoms with E-state index in [9.17, 15) is 9.90 Å². The zero-order chi connectivity index (χ0) is 14.4. The van der Waals surface area contributed by atoms with Crippen LogP contribution in [-0.2, 0) is 0 Å². The lowest BCUT2D eigenvalue weighted by molar-refractivity contribution is 0.0691. The molecule has 1 aliphatic rings. The summed E-state index contributed by atoms with van der Waals surface area (Å²) in [5, 5.41) is 13.1. The highest BCUT2D eigenvalue weighted by Gasteiger charge is 2.23. The maximum absolute atomic E-state index is 12.2. The first kappa shape index (κ1) is 14.8. The van der Waals surface area contributed by atoms with Crippen LogP contribution in [0.1, 0.15) is 42.5 Å². The van der Waals surface area contributed by atoms with E-state index in [1.54, 1.807) is 6.08 Å². The maximum Gasteiger partial charge on any atom is 0.187 e. The molecule has 0 bridgehead atoms. The van der Waals surface area contributed by atoms with E-state index in [2.05, 4.69) is 5.32 Å². The molecule has 0 unspecified atom stereocenters. The zero-order valence-corrected chi connectivity index (χ0v) is 12.0. The number of carbonyl (C=O) groups excluding carboxylic acids is 1. The minimum atomic E-state index is -0.229. The summed E-state index contributed by atoms with van der Waals surface area (Å²) in [5.41, 5.74) is 1.61. The molecule has 0 saturated heterocycles. The molecule has 0 spiro atoms. The van der Waals surface area contributed by atoms with Crippen molar-refractivity contribution in [1.82, 2.24) is 5.32 Å². The second kappa shape index (κ2) is 7.25. The van der Waals surface area contributed by atoms with Crippen molar-refractivity contribution in [3.05, 3.63) is 47.7 Å². The van der Waals surface area contributed by atoms with Gasteiger partial charge in [-0.1, -0.05) is 43.2 Å². The van der Waals surface area contributed by atoms with Crippen LogP contribution in [0.3, 0.4) is 0 Å². The number of nitrogens with one attached hydrogen (secondary N) is 1. The van der Waals surface area contributed by atoms with Gasteiger partial charge in [0.15, 0.2) is 5.78 Å². The van der Waals surface area contributed by atoms with Crippen LogP contribution in [0.25, 0.3) is 0 Å². The van der Waals surface area contributed by atoms with E-state index < -0.39 is 0 Å². The fraction of sp³-hybridized carbons (Fsp3) is 0.471. The molecular formula is C17H23NO2. The van der Waals surface area contributed by atoms with Gasteiger partial charge >= 0.3 is 0 Å². The van der Waals surface area contributed by atoms with Gasteiger partial charge in [0, 0.05) is 24.4 Å². The molecule has 0 heterocycles. The maximum atomic E-state index is 12.2. The van der Waals surface area contributed by atoms with Gasteiger partial charge in [-0.05, 0) is 25.2 Å². The predicted molar refractivity (Wildman–Crippen MR) is 80.5 cm³/mol. The fourth-order valence-electron chi connectivity index (χ4n) is 2.79. The molecule has 108 valence electrons. The summed E-state index contributed by atoms with van der Waals surface area (Å²) in [5.74, 6) is 0.284. The van der Waals surface area contributed by atoms with Gasteiger partial charge in [0.1, 0.15) is 0 Å². The van der Waals surface area contributed by atoms with Gasteiger partial charge in [0.25, 0.3) is 0 Å². The van der Waals surface area contributed by atoms with E-state index in [4.69, 9.17) is 0 Å². The van der Waals surface area contributed by atoms with Gasteiger partial charge in [0.05, 0.1) is 6.10 Å². The number of aliphatic hydroxyl groups excluding tert-OH is 1. The number of rotatable bonds is 5. The summed E-state index contributed by atoms with van der Waals surface area (Å²) in [4.78, 5) is 12.2. The molecule has 2 rings (SSSR count). The van der Waals surface area contributed by atoms with E-state index >= 15 is 0 Å². The van der Waals surface area contributed by atoms with Crippen molar-refractivity contribution < 1.29 is 9.90 Å². The lowest BCUT2D eigenvalue weighted by atomic mass is 9.83. The molecule has 1 aromatic carbocycles. The van der Waals surface area contributed by atoms with Gasteiger partial charge in [-0.3, -0.25) is 4.79 Å². The Morgan fingerprint density at radius 1 is 1.30 bits per heavy atom. The molecule has 2 N–H and O–H groups in total. The third-order valence-electron chi connectivity index (χ3n) is 4.04. The van der Waals surface area contributed by atoms with E-state index in [0.717, 1.165) is 31.4 Å². The molecule has 1 aliphatic carbocycles. The second-order valence-electron chi connectivity index (χ2n) is 5.47. The average Bonchev–Trinajstić information content (AvgIpc) is 2.49. The first-order valence-electron chi connectivity index (χ1n) is 7.36. The highest BCUT2D eigenvalue weighted by molar-refractivity contribution is 6.04. The molecule has 1 aromatic rings. The molecule has 3 nitrogen and oxygen atoms in total. The monoisotopic (exact) mass is 273 g/mol. The molecule has 3 heteroatoms. The van der Waals surface area contributed by atoms with Gasteiger partial charge in [-0.15, -0.1) is 0 Å². The van der Waals surface area contributed by atoms with E-state index in [1.165, 1.54) is 6.42 Å². The summed E-state index contributed by atoms with van der Waals surface area (Å²) in [6.07, 6.45) is 6.39. The average molecular weight is 273 g/mol. The number of hydrogen-bond acceptors (Lipinski definition) is 3. The highest BCUT2D eigenvalue weighted by atomic mass is 16.3. The van der Waals surface area contributed by atoms with Crippen molar-refractivity contribution in [3.63, 3.8) is 0 Å². The van der Waals surface area contributed by atoms with Crippen LogP contribution in [-0.4, -0.2) is 24.0 Å². The molecule has 0 amide bonds. The minimum absolute atomic E-state index is 0.0141. The van der Waals surface area contributed by atoms with Crippen LogP contribution in [0.15, 0.2) is 42.1 Å². The Labute approximate surface area is 120 Å². The van der Waals surface area contributed by atoms with Gasteiger partial charge in [-0.2, -0.15) is 0 Å². The van der Waals surface area contributed by atoms with Gasteiger partial charge in [-0.25, -0.2) is 0 Å². The zero-order valence-electron chi connectivity index (χ0n) is 12.0. The van der Waals surface area contributed by atoms with Gasteiger partial charge in [0.2, 0.25) is 0 Å². The Morgan fingerprint density at radius 2 is 2.00 bits per heavy atom. The van der Waals surface area contributed by atoms with Gasteiger partial charge < -0.3 is 10.4 Å². The van der Waals surface area contributed by atoms with Crippen molar-refractivity contribution in [1.29, 1.82) is 0 Å². The largest absolute Gasteiger partial charge is 0.393 e. The lowest BCUT2D eigenvalue weighted by Gasteiger charge is -2.28. The molecule has 0 aliphatic heterocycles. The smallest absolute Gasteiger partial charge is 0.187 e. The predicted octanol–water partition coefficient (Wildman–Crippen LogP) is 2.91. The van der Waals surface area contributed by atoms with Crippen molar-refractivity contribution in [3.8, 4) is 0 Å². The van der Waals surface area contributed by atoms with Crippen LogP contribution in [0, 0.1) is 5.92 Å². The van der Waals surface area contributed by atoms with E-state index in [0.29, 0.717) is 5.56 Å². The normalized spacial score (nSPS) is 23.4. The first-order valence-corrected chi connectivity index (χ1v) is 7.36. The minimum Gasteiger partial charge on any atom is -0.393 e. The highest BCUT2D eigenvalue weighted by Crippen LogP contribution is 2.28. The SMILES string of the molecule is CN/C(=C\C(=O)c1ccccc1)C[C@H]1CCCC[C@@H]1O. The summed E-state index contributed by atoms with van der Waals surface area (Å²) in [7, 11) is 1.83. The Kier molecular flexibility index (Phi) is 5.36. The summed E-state index contributed by atoms with van der Waals surface area (Å²) >= 11 is 0. The van der Waals surface area contributed by atoms with Crippen molar-refractivity contribution in [2.75, 3.05) is 7.05 Å². The number of allylic oxidation sites excluding steroid dienone is 2. The Morgan fingerprint density at radius 3 is 2.65 bits per heavy atom. The second-order valence-corrected chi connectivity index (χ2v) is 5.47. The quantitative estimate of drug-likeness (QED) is 0.640.